The van der Waals surface area contributed by atoms with E-state index < -0.39 is 0 Å². The van der Waals surface area contributed by atoms with Gasteiger partial charge in [-0.25, -0.2) is 4.39 Å². The van der Waals surface area contributed by atoms with Gasteiger partial charge in [0, 0.05) is 12.1 Å². The van der Waals surface area contributed by atoms with Crippen LogP contribution in [0.15, 0.2) is 59.1 Å². The normalized spacial score (nSPS) is 10.9. The Kier molecular flexibility index (Phi) is 6.16. The number of carbonyl (C=O) groups excluding carboxylic acids is 1. The fourth-order valence-corrected chi connectivity index (χ4v) is 3.18. The Labute approximate surface area is 178 Å². The molecule has 0 aliphatic heterocycles. The second-order valence-corrected chi connectivity index (χ2v) is 7.02. The van der Waals surface area contributed by atoms with Crippen LogP contribution < -0.4 is 10.1 Å². The van der Waals surface area contributed by atoms with Crippen molar-refractivity contribution in [3.63, 3.8) is 0 Å². The Balaban J connectivity index is 1.41. The first-order valence-electron chi connectivity index (χ1n) is 9.93. The van der Waals surface area contributed by atoms with Crippen molar-refractivity contribution in [2.45, 2.75) is 19.8 Å². The molecule has 0 aliphatic rings. The molecule has 4 aromatic rings. The number of aromatic nitrogens is 3. The number of nitrogens with one attached hydrogen (secondary N) is 1. The molecular formula is C23H21FN4O3. The lowest BCUT2D eigenvalue weighted by Gasteiger charge is -2.08. The molecule has 0 saturated heterocycles. The van der Waals surface area contributed by atoms with Gasteiger partial charge in [-0.05, 0) is 49.6 Å². The number of halogens is 1. The molecule has 4 rings (SSSR count). The minimum atomic E-state index is -0.357. The zero-order valence-corrected chi connectivity index (χ0v) is 17.0. The van der Waals surface area contributed by atoms with E-state index in [1.807, 2.05) is 18.2 Å². The van der Waals surface area contributed by atoms with Crippen LogP contribution in [0.5, 0.6) is 5.88 Å². The molecule has 1 amide bonds. The maximum absolute atomic E-state index is 13.3. The van der Waals surface area contributed by atoms with Gasteiger partial charge in [0.15, 0.2) is 6.61 Å². The van der Waals surface area contributed by atoms with E-state index in [-0.39, 0.29) is 29.9 Å². The largest absolute Gasteiger partial charge is 0.467 e. The monoisotopic (exact) mass is 420 g/mol. The van der Waals surface area contributed by atoms with Crippen LogP contribution in [0.2, 0.25) is 0 Å². The third-order valence-corrected chi connectivity index (χ3v) is 4.68. The molecule has 158 valence electrons. The molecule has 2 aromatic carbocycles. The molecule has 0 radical (unpaired) electrons. The van der Waals surface area contributed by atoms with Gasteiger partial charge in [0.1, 0.15) is 22.7 Å². The summed E-state index contributed by atoms with van der Waals surface area (Å²) in [6.07, 6.45) is 1.71. The van der Waals surface area contributed by atoms with E-state index in [9.17, 15) is 9.18 Å². The summed E-state index contributed by atoms with van der Waals surface area (Å²) in [6, 6.07) is 15.9. The summed E-state index contributed by atoms with van der Waals surface area (Å²) in [7, 11) is 0. The standard InChI is InChI=1S/C23H21FN4O3/c1-15-26-22(30-14-19(29)25-13-5-8-16-6-3-2-4-7-16)20-21(28-31-23(20)27-15)17-9-11-18(24)12-10-17/h2-4,6-7,9-12H,5,8,13-14H2,1H3,(H,25,29). The minimum absolute atomic E-state index is 0.197. The number of benzene rings is 2. The van der Waals surface area contributed by atoms with Crippen molar-refractivity contribution in [2.75, 3.05) is 13.2 Å². The maximum atomic E-state index is 13.3. The molecule has 8 heteroatoms. The Hall–Kier alpha value is -3.81. The van der Waals surface area contributed by atoms with E-state index in [4.69, 9.17) is 9.26 Å². The van der Waals surface area contributed by atoms with Gasteiger partial charge in [-0.15, -0.1) is 0 Å². The zero-order chi connectivity index (χ0) is 21.6. The van der Waals surface area contributed by atoms with Crippen molar-refractivity contribution >= 4 is 17.0 Å². The van der Waals surface area contributed by atoms with Crippen LogP contribution >= 0.6 is 0 Å². The molecule has 0 atom stereocenters. The van der Waals surface area contributed by atoms with Crippen LogP contribution in [-0.2, 0) is 11.2 Å². The summed E-state index contributed by atoms with van der Waals surface area (Å²) in [4.78, 5) is 20.7. The Bertz CT molecular complexity index is 1180. The predicted octanol–water partition coefficient (Wildman–Crippen LogP) is 3.86. The average molecular weight is 420 g/mol. The molecule has 31 heavy (non-hydrogen) atoms. The lowest BCUT2D eigenvalue weighted by Crippen LogP contribution is -2.30. The van der Waals surface area contributed by atoms with Crippen molar-refractivity contribution < 1.29 is 18.4 Å². The number of carbonyl (C=O) groups is 1. The Morgan fingerprint density at radius 1 is 1.10 bits per heavy atom. The first-order valence-corrected chi connectivity index (χ1v) is 9.93. The maximum Gasteiger partial charge on any atom is 0.265 e. The summed E-state index contributed by atoms with van der Waals surface area (Å²) < 4.78 is 24.3. The molecule has 0 bridgehead atoms. The quantitative estimate of drug-likeness (QED) is 0.436. The van der Waals surface area contributed by atoms with Crippen molar-refractivity contribution in [2.24, 2.45) is 0 Å². The van der Waals surface area contributed by atoms with Gasteiger partial charge in [0.25, 0.3) is 11.6 Å². The fraction of sp³-hybridized carbons (Fsp3) is 0.217. The summed E-state index contributed by atoms with van der Waals surface area (Å²) in [5, 5.41) is 7.32. The summed E-state index contributed by atoms with van der Waals surface area (Å²) in [5.41, 5.74) is 2.52. The van der Waals surface area contributed by atoms with Crippen molar-refractivity contribution in [3.05, 3.63) is 71.8 Å². The number of amides is 1. The van der Waals surface area contributed by atoms with Gasteiger partial charge >= 0.3 is 0 Å². The number of hydrogen-bond acceptors (Lipinski definition) is 6. The van der Waals surface area contributed by atoms with E-state index in [0.717, 1.165) is 12.8 Å². The van der Waals surface area contributed by atoms with Gasteiger partial charge in [-0.2, -0.15) is 9.97 Å². The minimum Gasteiger partial charge on any atom is -0.467 e. The van der Waals surface area contributed by atoms with Gasteiger partial charge < -0.3 is 14.6 Å². The van der Waals surface area contributed by atoms with Gasteiger partial charge in [-0.3, -0.25) is 4.79 Å². The predicted molar refractivity (Wildman–Crippen MR) is 113 cm³/mol. The molecule has 1 N–H and O–H groups in total. The second-order valence-electron chi connectivity index (χ2n) is 7.02. The summed E-state index contributed by atoms with van der Waals surface area (Å²) >= 11 is 0. The molecule has 0 saturated carbocycles. The van der Waals surface area contributed by atoms with E-state index >= 15 is 0 Å². The van der Waals surface area contributed by atoms with Gasteiger partial charge in [0.05, 0.1) is 0 Å². The van der Waals surface area contributed by atoms with Crippen LogP contribution in [-0.4, -0.2) is 34.2 Å². The highest BCUT2D eigenvalue weighted by Crippen LogP contribution is 2.33. The van der Waals surface area contributed by atoms with E-state index in [2.05, 4.69) is 32.6 Å². The number of rotatable bonds is 8. The fourth-order valence-electron chi connectivity index (χ4n) is 3.18. The third kappa shape index (κ3) is 5.03. The lowest BCUT2D eigenvalue weighted by atomic mass is 10.1. The number of ether oxygens (including phenoxy) is 1. The highest BCUT2D eigenvalue weighted by atomic mass is 19.1. The van der Waals surface area contributed by atoms with Crippen molar-refractivity contribution in [1.82, 2.24) is 20.4 Å². The van der Waals surface area contributed by atoms with E-state index in [0.29, 0.717) is 29.0 Å². The van der Waals surface area contributed by atoms with Crippen molar-refractivity contribution in [1.29, 1.82) is 0 Å². The average Bonchev–Trinajstić information content (AvgIpc) is 3.20. The molecule has 2 heterocycles. The second kappa shape index (κ2) is 9.34. The van der Waals surface area contributed by atoms with E-state index in [1.165, 1.54) is 17.7 Å². The van der Waals surface area contributed by atoms with Crippen LogP contribution in [0.25, 0.3) is 22.4 Å². The molecule has 7 nitrogen and oxygen atoms in total. The Morgan fingerprint density at radius 2 is 1.87 bits per heavy atom. The number of fused-ring (bicyclic) bond motifs is 1. The molecule has 0 unspecified atom stereocenters. The lowest BCUT2D eigenvalue weighted by molar-refractivity contribution is -0.123. The molecule has 0 spiro atoms. The van der Waals surface area contributed by atoms with Gasteiger partial charge in [0.2, 0.25) is 5.88 Å². The topological polar surface area (TPSA) is 90.1 Å². The molecule has 2 aromatic heterocycles. The molecule has 0 aliphatic carbocycles. The van der Waals surface area contributed by atoms with E-state index in [1.54, 1.807) is 19.1 Å². The van der Waals surface area contributed by atoms with Crippen LogP contribution in [0.4, 0.5) is 4.39 Å². The van der Waals surface area contributed by atoms with Crippen LogP contribution in [0.3, 0.4) is 0 Å². The summed E-state index contributed by atoms with van der Waals surface area (Å²) in [5.74, 6) is 0.0106. The highest BCUT2D eigenvalue weighted by molar-refractivity contribution is 5.93. The SMILES string of the molecule is Cc1nc(OCC(=O)NCCCc2ccccc2)c2c(-c3ccc(F)cc3)noc2n1. The smallest absolute Gasteiger partial charge is 0.265 e. The van der Waals surface area contributed by atoms with Crippen LogP contribution in [0, 0.1) is 12.7 Å². The third-order valence-electron chi connectivity index (χ3n) is 4.68. The first kappa shape index (κ1) is 20.5. The number of nitrogens with zero attached hydrogens (tertiary/aromatic N) is 3. The van der Waals surface area contributed by atoms with Gasteiger partial charge in [-0.1, -0.05) is 35.5 Å². The summed E-state index contributed by atoms with van der Waals surface area (Å²) in [6.45, 7) is 2.03. The highest BCUT2D eigenvalue weighted by Gasteiger charge is 2.20. The zero-order valence-electron chi connectivity index (χ0n) is 17.0. The van der Waals surface area contributed by atoms with Crippen LogP contribution in [0.1, 0.15) is 17.8 Å². The molecular weight excluding hydrogens is 399 g/mol. The Morgan fingerprint density at radius 3 is 2.65 bits per heavy atom. The number of hydrogen-bond donors (Lipinski definition) is 1. The number of aryl methyl sites for hydroxylation is 2. The first-order chi connectivity index (χ1) is 15.1. The molecule has 0 fully saturated rings. The van der Waals surface area contributed by atoms with Crippen molar-refractivity contribution in [3.8, 4) is 17.1 Å².